The van der Waals surface area contributed by atoms with E-state index in [2.05, 4.69) is 46.9 Å². The van der Waals surface area contributed by atoms with Crippen molar-refractivity contribution < 1.29 is 26.3 Å². The van der Waals surface area contributed by atoms with Crippen LogP contribution in [-0.2, 0) is 6.54 Å². The summed E-state index contributed by atoms with van der Waals surface area (Å²) < 4.78 is 10.2. The van der Waals surface area contributed by atoms with Crippen LogP contribution in [0.2, 0.25) is 0 Å². The molecule has 29 heavy (non-hydrogen) atoms. The van der Waals surface area contributed by atoms with Gasteiger partial charge >= 0.3 is 0 Å². The molecular formula is C25H41BrN2O. The molecule has 0 radical (unpaired) electrons. The lowest BCUT2D eigenvalue weighted by molar-refractivity contribution is -0.696. The minimum absolute atomic E-state index is 0. The Bertz CT molecular complexity index is 641. The van der Waals surface area contributed by atoms with Gasteiger partial charge in [-0.05, 0) is 31.9 Å². The number of hydrogen-bond donors (Lipinski definition) is 0. The number of unbranched alkanes of at least 4 members (excludes halogenated alkanes) is 11. The van der Waals surface area contributed by atoms with Crippen LogP contribution in [-0.4, -0.2) is 11.2 Å². The summed E-state index contributed by atoms with van der Waals surface area (Å²) in [7, 11) is 0. The summed E-state index contributed by atoms with van der Waals surface area (Å²) in [4.78, 5) is 0. The van der Waals surface area contributed by atoms with Crippen molar-refractivity contribution in [1.29, 1.82) is 0 Å². The van der Waals surface area contributed by atoms with Crippen molar-refractivity contribution >= 4 is 0 Å². The second-order valence-corrected chi connectivity index (χ2v) is 7.85. The normalized spacial score (nSPS) is 10.7. The molecule has 0 N–H and O–H groups in total. The number of nitrogens with zero attached hydrogens (tertiary/aromatic N) is 2. The van der Waals surface area contributed by atoms with Crippen molar-refractivity contribution in [3.05, 3.63) is 43.0 Å². The maximum absolute atomic E-state index is 5.75. The van der Waals surface area contributed by atoms with E-state index in [0.29, 0.717) is 6.61 Å². The predicted molar refractivity (Wildman–Crippen MR) is 118 cm³/mol. The van der Waals surface area contributed by atoms with Crippen LogP contribution < -0.4 is 26.3 Å². The Morgan fingerprint density at radius 2 is 1.38 bits per heavy atom. The Balaban J connectivity index is 0.00000420. The van der Waals surface area contributed by atoms with E-state index in [4.69, 9.17) is 4.74 Å². The molecule has 1 aromatic heterocycles. The first-order valence-electron chi connectivity index (χ1n) is 11.6. The zero-order chi connectivity index (χ0) is 19.9. The standard InChI is InChI=1S/C25H41N2O.BrH/c1-3-5-6-7-8-9-10-11-12-13-14-17-20-26-21-22-27(23-26)24-18-15-16-19-25(24)28-4-2;/h15-16,18-19,21-23H,3-14,17,20H2,1-2H3;1H/q+1;/p-1. The van der Waals surface area contributed by atoms with Gasteiger partial charge in [-0.25, -0.2) is 4.57 Å². The number of imidazole rings is 1. The number of benzene rings is 1. The van der Waals surface area contributed by atoms with Gasteiger partial charge < -0.3 is 21.7 Å². The molecule has 0 aliphatic carbocycles. The molecule has 0 saturated heterocycles. The highest BCUT2D eigenvalue weighted by Crippen LogP contribution is 2.21. The number of aryl methyl sites for hydroxylation is 1. The fourth-order valence-electron chi connectivity index (χ4n) is 3.75. The van der Waals surface area contributed by atoms with Crippen LogP contribution in [0, 0.1) is 0 Å². The van der Waals surface area contributed by atoms with Gasteiger partial charge in [0.05, 0.1) is 13.2 Å². The summed E-state index contributed by atoms with van der Waals surface area (Å²) in [5.41, 5.74) is 1.11. The molecule has 0 saturated carbocycles. The maximum Gasteiger partial charge on any atom is 0.249 e. The van der Waals surface area contributed by atoms with E-state index < -0.39 is 0 Å². The Morgan fingerprint density at radius 3 is 2.00 bits per heavy atom. The molecule has 1 heterocycles. The summed E-state index contributed by atoms with van der Waals surface area (Å²) in [5, 5.41) is 0. The van der Waals surface area contributed by atoms with Crippen molar-refractivity contribution in [3.63, 3.8) is 0 Å². The molecule has 3 nitrogen and oxygen atoms in total. The van der Waals surface area contributed by atoms with Crippen LogP contribution in [0.25, 0.3) is 5.69 Å². The first kappa shape index (κ1) is 25.7. The molecular weight excluding hydrogens is 424 g/mol. The molecule has 0 unspecified atom stereocenters. The van der Waals surface area contributed by atoms with Crippen LogP contribution in [0.3, 0.4) is 0 Å². The number of aromatic nitrogens is 2. The summed E-state index contributed by atoms with van der Waals surface area (Å²) in [6, 6.07) is 8.24. The van der Waals surface area contributed by atoms with Gasteiger partial charge in [0.1, 0.15) is 12.4 Å². The van der Waals surface area contributed by atoms with Gasteiger partial charge in [0.2, 0.25) is 6.33 Å². The Labute approximate surface area is 189 Å². The van der Waals surface area contributed by atoms with Gasteiger partial charge in [0.25, 0.3) is 0 Å². The molecule has 0 aliphatic rings. The summed E-state index contributed by atoms with van der Waals surface area (Å²) in [6.45, 7) is 6.11. The number of hydrogen-bond acceptors (Lipinski definition) is 1. The molecule has 0 atom stereocenters. The molecule has 4 heteroatoms. The molecule has 0 spiro atoms. The second kappa shape index (κ2) is 16.5. The Hall–Kier alpha value is -1.29. The van der Waals surface area contributed by atoms with Crippen LogP contribution >= 0.6 is 0 Å². The van der Waals surface area contributed by atoms with Crippen molar-refractivity contribution in [2.24, 2.45) is 0 Å². The van der Waals surface area contributed by atoms with E-state index in [1.165, 1.54) is 77.0 Å². The molecule has 164 valence electrons. The molecule has 0 amide bonds. The van der Waals surface area contributed by atoms with Crippen molar-refractivity contribution in [2.75, 3.05) is 6.61 Å². The molecule has 0 bridgehead atoms. The maximum atomic E-state index is 5.75. The lowest BCUT2D eigenvalue weighted by Crippen LogP contribution is -3.00. The number of ether oxygens (including phenoxy) is 1. The molecule has 0 aliphatic heterocycles. The molecule has 0 fully saturated rings. The Kier molecular flexibility index (Phi) is 14.6. The summed E-state index contributed by atoms with van der Waals surface area (Å²) in [5.74, 6) is 0.943. The predicted octanol–water partition coefficient (Wildman–Crippen LogP) is 3.87. The Morgan fingerprint density at radius 1 is 0.793 bits per heavy atom. The average Bonchev–Trinajstić information content (AvgIpc) is 3.18. The van der Waals surface area contributed by atoms with Gasteiger partial charge in [-0.2, -0.15) is 4.57 Å². The zero-order valence-electron chi connectivity index (χ0n) is 18.6. The van der Waals surface area contributed by atoms with Crippen molar-refractivity contribution in [3.8, 4) is 11.4 Å². The van der Waals surface area contributed by atoms with E-state index >= 15 is 0 Å². The third kappa shape index (κ3) is 10.3. The third-order valence-electron chi connectivity index (χ3n) is 5.40. The molecule has 2 rings (SSSR count). The van der Waals surface area contributed by atoms with Crippen molar-refractivity contribution in [1.82, 2.24) is 4.57 Å². The third-order valence-corrected chi connectivity index (χ3v) is 5.40. The highest BCUT2D eigenvalue weighted by molar-refractivity contribution is 5.46. The van der Waals surface area contributed by atoms with Gasteiger partial charge in [-0.3, -0.25) is 0 Å². The average molecular weight is 466 g/mol. The quantitative estimate of drug-likeness (QED) is 0.272. The highest BCUT2D eigenvalue weighted by atomic mass is 79.9. The second-order valence-electron chi connectivity index (χ2n) is 7.85. The van der Waals surface area contributed by atoms with Crippen LogP contribution in [0.15, 0.2) is 43.0 Å². The van der Waals surface area contributed by atoms with Crippen LogP contribution in [0.5, 0.6) is 5.75 Å². The van der Waals surface area contributed by atoms with Gasteiger partial charge in [0, 0.05) is 0 Å². The van der Waals surface area contributed by atoms with E-state index in [0.717, 1.165) is 18.0 Å². The van der Waals surface area contributed by atoms with Crippen LogP contribution in [0.1, 0.15) is 90.9 Å². The van der Waals surface area contributed by atoms with E-state index in [9.17, 15) is 0 Å². The largest absolute Gasteiger partial charge is 1.00 e. The highest BCUT2D eigenvalue weighted by Gasteiger charge is 2.11. The minimum Gasteiger partial charge on any atom is -1.00 e. The van der Waals surface area contributed by atoms with E-state index in [1.54, 1.807) is 0 Å². The SMILES string of the molecule is CCCCCCCCCCCCCC[n+]1ccn(-c2ccccc2OCC)c1.[Br-]. The lowest BCUT2D eigenvalue weighted by Gasteiger charge is -2.06. The smallest absolute Gasteiger partial charge is 0.249 e. The van der Waals surface area contributed by atoms with Gasteiger partial charge in [-0.1, -0.05) is 83.3 Å². The monoisotopic (exact) mass is 464 g/mol. The summed E-state index contributed by atoms with van der Waals surface area (Å²) >= 11 is 0. The summed E-state index contributed by atoms with van der Waals surface area (Å²) in [6.07, 6.45) is 23.2. The van der Waals surface area contributed by atoms with E-state index in [1.807, 2.05) is 19.1 Å². The van der Waals surface area contributed by atoms with E-state index in [-0.39, 0.29) is 17.0 Å². The number of rotatable bonds is 16. The fourth-order valence-corrected chi connectivity index (χ4v) is 3.75. The van der Waals surface area contributed by atoms with Gasteiger partial charge in [0.15, 0.2) is 11.4 Å². The lowest BCUT2D eigenvalue weighted by atomic mass is 10.1. The fraction of sp³-hybridized carbons (Fsp3) is 0.640. The number of para-hydroxylation sites is 2. The molecule has 2 aromatic rings. The molecule has 1 aromatic carbocycles. The first-order chi connectivity index (χ1) is 13.8. The minimum atomic E-state index is 0. The number of halogens is 1. The van der Waals surface area contributed by atoms with Crippen LogP contribution in [0.4, 0.5) is 0 Å². The van der Waals surface area contributed by atoms with Gasteiger partial charge in [-0.15, -0.1) is 0 Å². The van der Waals surface area contributed by atoms with Crippen molar-refractivity contribution in [2.45, 2.75) is 97.4 Å². The first-order valence-corrected chi connectivity index (χ1v) is 11.6. The zero-order valence-corrected chi connectivity index (χ0v) is 20.2. The topological polar surface area (TPSA) is 18.0 Å².